The number of hydrogen-bond acceptors (Lipinski definition) is 0. The fraction of sp³-hybridized carbons (Fsp3) is 0.444. The second kappa shape index (κ2) is 7.30. The summed E-state index contributed by atoms with van der Waals surface area (Å²) in [6.07, 6.45) is 6.95. The highest BCUT2D eigenvalue weighted by Crippen LogP contribution is 1.87. The van der Waals surface area contributed by atoms with Gasteiger partial charge in [-0.2, -0.15) is 0 Å². The average Bonchev–Trinajstić information content (AvgIpc) is 1.89. The van der Waals surface area contributed by atoms with Gasteiger partial charge in [0.15, 0.2) is 0 Å². The van der Waals surface area contributed by atoms with Gasteiger partial charge in [-0.25, -0.2) is 0 Å². The molecule has 0 aromatic rings. The third-order valence-electron chi connectivity index (χ3n) is 0.922. The van der Waals surface area contributed by atoms with E-state index in [4.69, 9.17) is 0 Å². The van der Waals surface area contributed by atoms with Crippen LogP contribution in [-0.4, -0.2) is 0 Å². The summed E-state index contributed by atoms with van der Waals surface area (Å²) in [5, 5.41) is 0. The van der Waals surface area contributed by atoms with E-state index in [-0.39, 0.29) is 0 Å². The summed E-state index contributed by atoms with van der Waals surface area (Å²) in [6.45, 7) is 5.63. The van der Waals surface area contributed by atoms with Crippen molar-refractivity contribution in [3.05, 3.63) is 19.1 Å². The second-order valence-corrected chi connectivity index (χ2v) is 1.71. The summed E-state index contributed by atoms with van der Waals surface area (Å²) in [6, 6.07) is 0. The summed E-state index contributed by atoms with van der Waals surface area (Å²) >= 11 is 0. The van der Waals surface area contributed by atoms with E-state index in [0.717, 1.165) is 19.3 Å². The molecule has 0 unspecified atom stereocenters. The zero-order valence-corrected chi connectivity index (χ0v) is 5.98. The van der Waals surface area contributed by atoms with E-state index in [1.807, 2.05) is 13.0 Å². The molecule has 49 valence electrons. The third-order valence-corrected chi connectivity index (χ3v) is 0.922. The first-order chi connectivity index (χ1) is 4.41. The zero-order valence-electron chi connectivity index (χ0n) is 5.98. The molecule has 0 nitrogen and oxygen atoms in total. The molecule has 0 heteroatoms. The van der Waals surface area contributed by atoms with Gasteiger partial charge in [-0.3, -0.25) is 0 Å². The molecule has 0 N–H and O–H groups in total. The normalized spacial score (nSPS) is 9.11. The van der Waals surface area contributed by atoms with E-state index in [1.54, 1.807) is 0 Å². The highest BCUT2D eigenvalue weighted by Gasteiger charge is 1.71. The average molecular weight is 121 g/mol. The molecule has 0 amide bonds. The Morgan fingerprint density at radius 3 is 2.78 bits per heavy atom. The first kappa shape index (κ1) is 8.30. The van der Waals surface area contributed by atoms with E-state index in [0.29, 0.717) is 0 Å². The van der Waals surface area contributed by atoms with Crippen LogP contribution >= 0.6 is 0 Å². The highest BCUT2D eigenvalue weighted by atomic mass is 13.8. The van der Waals surface area contributed by atoms with Gasteiger partial charge >= 0.3 is 0 Å². The van der Waals surface area contributed by atoms with E-state index in [2.05, 4.69) is 24.8 Å². The van der Waals surface area contributed by atoms with Gasteiger partial charge in [0.1, 0.15) is 0 Å². The molecule has 0 aromatic carbocycles. The Kier molecular flexibility index (Phi) is 6.73. The smallest absolute Gasteiger partial charge is 0.0123 e. The van der Waals surface area contributed by atoms with Crippen LogP contribution in [0.2, 0.25) is 0 Å². The lowest BCUT2D eigenvalue weighted by Crippen LogP contribution is -1.63. The third kappa shape index (κ3) is 7.30. The molecule has 0 bridgehead atoms. The Morgan fingerprint density at radius 1 is 1.44 bits per heavy atom. The van der Waals surface area contributed by atoms with E-state index < -0.39 is 0 Å². The molecule has 0 fully saturated rings. The maximum Gasteiger partial charge on any atom is 0.0123 e. The topological polar surface area (TPSA) is 0 Å². The van der Waals surface area contributed by atoms with Crippen LogP contribution in [0.5, 0.6) is 0 Å². The number of hydrogen-bond donors (Lipinski definition) is 0. The molecule has 0 rings (SSSR count). The maximum atomic E-state index is 3.61. The van der Waals surface area contributed by atoms with Gasteiger partial charge in [0.25, 0.3) is 0 Å². The van der Waals surface area contributed by atoms with Crippen molar-refractivity contribution in [2.75, 3.05) is 0 Å². The molecule has 9 heavy (non-hydrogen) atoms. The molecule has 0 saturated carbocycles. The van der Waals surface area contributed by atoms with Gasteiger partial charge in [-0.15, -0.1) is 11.8 Å². The Labute approximate surface area is 58.0 Å². The second-order valence-electron chi connectivity index (χ2n) is 1.71. The Morgan fingerprint density at radius 2 is 2.22 bits per heavy atom. The summed E-state index contributed by atoms with van der Waals surface area (Å²) in [7, 11) is 0. The monoisotopic (exact) mass is 121 g/mol. The lowest BCUT2D eigenvalue weighted by atomic mass is 10.3. The number of rotatable bonds is 2. The zero-order chi connectivity index (χ0) is 6.95. The quantitative estimate of drug-likeness (QED) is 0.299. The summed E-state index contributed by atoms with van der Waals surface area (Å²) in [5.41, 5.74) is 0. The van der Waals surface area contributed by atoms with Crippen molar-refractivity contribution < 1.29 is 0 Å². The molecule has 0 aliphatic heterocycles. The first-order valence-corrected chi connectivity index (χ1v) is 3.28. The fourth-order valence-electron chi connectivity index (χ4n) is 0.499. The molecule has 0 atom stereocenters. The standard InChI is InChI=1S/C9H13/c1-3-5-7-9-8-6-4-2/h4,6H,1,3,8-9H2,2H3. The molecule has 1 radical (unpaired) electrons. The van der Waals surface area contributed by atoms with Crippen LogP contribution in [0.1, 0.15) is 26.2 Å². The predicted octanol–water partition coefficient (Wildman–Crippen LogP) is 2.57. The van der Waals surface area contributed by atoms with Crippen LogP contribution in [0.25, 0.3) is 0 Å². The lowest BCUT2D eigenvalue weighted by molar-refractivity contribution is 1.08. The van der Waals surface area contributed by atoms with Gasteiger partial charge in [-0.05, 0) is 20.3 Å². The van der Waals surface area contributed by atoms with Crippen molar-refractivity contribution in [2.45, 2.75) is 26.2 Å². The summed E-state index contributed by atoms with van der Waals surface area (Å²) in [5.74, 6) is 5.92. The molecular weight excluding hydrogens is 108 g/mol. The number of unbranched alkanes of at least 4 members (excludes halogenated alkanes) is 1. The predicted molar refractivity (Wildman–Crippen MR) is 41.8 cm³/mol. The lowest BCUT2D eigenvalue weighted by Gasteiger charge is -1.79. The van der Waals surface area contributed by atoms with Crippen molar-refractivity contribution in [3.8, 4) is 11.8 Å². The van der Waals surface area contributed by atoms with Gasteiger partial charge in [0.05, 0.1) is 0 Å². The molecule has 0 aliphatic rings. The van der Waals surface area contributed by atoms with Crippen molar-refractivity contribution in [2.24, 2.45) is 0 Å². The van der Waals surface area contributed by atoms with Crippen LogP contribution < -0.4 is 0 Å². The van der Waals surface area contributed by atoms with Crippen molar-refractivity contribution in [1.82, 2.24) is 0 Å². The van der Waals surface area contributed by atoms with Crippen LogP contribution in [0.15, 0.2) is 12.2 Å². The SMILES string of the molecule is [CH2]CC#CCCC=CC. The van der Waals surface area contributed by atoms with E-state index >= 15 is 0 Å². The Bertz CT molecular complexity index is 121. The summed E-state index contributed by atoms with van der Waals surface area (Å²) < 4.78 is 0. The minimum atomic E-state index is 0.732. The van der Waals surface area contributed by atoms with Crippen LogP contribution in [-0.2, 0) is 0 Å². The molecule has 0 saturated heterocycles. The molecule has 0 aliphatic carbocycles. The van der Waals surface area contributed by atoms with Crippen LogP contribution in [0.3, 0.4) is 0 Å². The minimum Gasteiger partial charge on any atom is -0.103 e. The molecular formula is C9H13. The van der Waals surface area contributed by atoms with Crippen molar-refractivity contribution in [1.29, 1.82) is 0 Å². The molecule has 0 spiro atoms. The minimum absolute atomic E-state index is 0.732. The van der Waals surface area contributed by atoms with Crippen molar-refractivity contribution >= 4 is 0 Å². The van der Waals surface area contributed by atoms with Gasteiger partial charge < -0.3 is 0 Å². The first-order valence-electron chi connectivity index (χ1n) is 3.28. The van der Waals surface area contributed by atoms with Gasteiger partial charge in [0.2, 0.25) is 0 Å². The highest BCUT2D eigenvalue weighted by molar-refractivity contribution is 5.00. The Hall–Kier alpha value is -0.700. The Balaban J connectivity index is 3.09. The van der Waals surface area contributed by atoms with Gasteiger partial charge in [0, 0.05) is 12.8 Å². The number of allylic oxidation sites excluding steroid dienone is 2. The maximum absolute atomic E-state index is 3.61. The van der Waals surface area contributed by atoms with Crippen molar-refractivity contribution in [3.63, 3.8) is 0 Å². The molecule has 0 heterocycles. The largest absolute Gasteiger partial charge is 0.103 e. The molecule has 0 aromatic heterocycles. The van der Waals surface area contributed by atoms with Crippen LogP contribution in [0.4, 0.5) is 0 Å². The summed E-state index contributed by atoms with van der Waals surface area (Å²) in [4.78, 5) is 0. The van der Waals surface area contributed by atoms with Gasteiger partial charge in [-0.1, -0.05) is 12.2 Å². The van der Waals surface area contributed by atoms with Crippen LogP contribution in [0, 0.1) is 18.8 Å². The van der Waals surface area contributed by atoms with E-state index in [9.17, 15) is 0 Å². The fourth-order valence-corrected chi connectivity index (χ4v) is 0.499. The van der Waals surface area contributed by atoms with E-state index in [1.165, 1.54) is 0 Å².